The largest absolute Gasteiger partial charge is 0.499 e. The SMILES string of the molecule is BB(C)C1(C)OB(c2c(C(=O)OCC)oc3c(C(F)F)cc(C4CC4)cc23)OC1(C)C. The van der Waals surface area contributed by atoms with Gasteiger partial charge >= 0.3 is 13.1 Å². The van der Waals surface area contributed by atoms with Crippen LogP contribution in [-0.2, 0) is 14.0 Å². The fourth-order valence-electron chi connectivity index (χ4n) is 4.39. The second-order valence-electron chi connectivity index (χ2n) is 9.47. The predicted molar refractivity (Wildman–Crippen MR) is 119 cm³/mol. The van der Waals surface area contributed by atoms with Gasteiger partial charge in [0, 0.05) is 16.3 Å². The summed E-state index contributed by atoms with van der Waals surface area (Å²) in [5.74, 6) is -0.607. The molecule has 1 unspecified atom stereocenters. The molecule has 2 aliphatic rings. The van der Waals surface area contributed by atoms with Crippen molar-refractivity contribution in [1.82, 2.24) is 0 Å². The van der Waals surface area contributed by atoms with Crippen molar-refractivity contribution in [3.05, 3.63) is 29.0 Å². The molecule has 0 radical (unpaired) electrons. The third kappa shape index (κ3) is 3.61. The van der Waals surface area contributed by atoms with Gasteiger partial charge in [0.15, 0.2) is 0 Å². The molecular weight excluding hydrogens is 403 g/mol. The predicted octanol–water partition coefficient (Wildman–Crippen LogP) is 3.50. The Morgan fingerprint density at radius 3 is 2.52 bits per heavy atom. The summed E-state index contributed by atoms with van der Waals surface area (Å²) in [4.78, 5) is 12.7. The van der Waals surface area contributed by atoms with Gasteiger partial charge in [-0.2, -0.15) is 0 Å². The van der Waals surface area contributed by atoms with Crippen LogP contribution >= 0.6 is 0 Å². The van der Waals surface area contributed by atoms with E-state index in [1.807, 2.05) is 41.4 Å². The zero-order valence-electron chi connectivity index (χ0n) is 18.9. The third-order valence-corrected chi connectivity index (χ3v) is 6.91. The highest BCUT2D eigenvalue weighted by Gasteiger charge is 2.58. The van der Waals surface area contributed by atoms with Gasteiger partial charge < -0.3 is 18.5 Å². The minimum atomic E-state index is -2.74. The summed E-state index contributed by atoms with van der Waals surface area (Å²) < 4.78 is 51.5. The number of ether oxygens (including phenoxy) is 1. The van der Waals surface area contributed by atoms with E-state index in [9.17, 15) is 13.6 Å². The van der Waals surface area contributed by atoms with E-state index in [2.05, 4.69) is 0 Å². The van der Waals surface area contributed by atoms with Gasteiger partial charge in [-0.05, 0) is 64.2 Å². The molecular formula is C21H27B3F2O5. The molecule has 10 heteroatoms. The van der Waals surface area contributed by atoms with E-state index in [0.717, 1.165) is 18.4 Å². The van der Waals surface area contributed by atoms with E-state index in [-0.39, 0.29) is 36.0 Å². The molecule has 1 aliphatic carbocycles. The maximum Gasteiger partial charge on any atom is 0.499 e. The molecule has 0 spiro atoms. The number of hydrogen-bond acceptors (Lipinski definition) is 5. The Balaban J connectivity index is 1.94. The number of benzene rings is 1. The van der Waals surface area contributed by atoms with Gasteiger partial charge in [0.2, 0.25) is 5.76 Å². The van der Waals surface area contributed by atoms with E-state index in [0.29, 0.717) is 10.8 Å². The molecule has 2 fully saturated rings. The molecule has 164 valence electrons. The molecule has 2 heterocycles. The topological polar surface area (TPSA) is 57.9 Å². The number of fused-ring (bicyclic) bond motifs is 1. The average molecular weight is 430 g/mol. The summed E-state index contributed by atoms with van der Waals surface area (Å²) in [6, 6.07) is 3.33. The summed E-state index contributed by atoms with van der Waals surface area (Å²) >= 11 is 0. The smallest absolute Gasteiger partial charge is 0.460 e. The van der Waals surface area contributed by atoms with Crippen LogP contribution < -0.4 is 5.46 Å². The highest BCUT2D eigenvalue weighted by Crippen LogP contribution is 2.44. The van der Waals surface area contributed by atoms with Crippen LogP contribution in [0.2, 0.25) is 6.82 Å². The first kappa shape index (κ1) is 22.4. The van der Waals surface area contributed by atoms with Gasteiger partial charge in [-0.1, -0.05) is 6.82 Å². The molecule has 5 nitrogen and oxygen atoms in total. The third-order valence-electron chi connectivity index (χ3n) is 6.91. The zero-order valence-corrected chi connectivity index (χ0v) is 18.9. The zero-order chi connectivity index (χ0) is 22.7. The Morgan fingerprint density at radius 1 is 1.32 bits per heavy atom. The van der Waals surface area contributed by atoms with Crippen LogP contribution in [0.5, 0.6) is 0 Å². The Labute approximate surface area is 182 Å². The lowest BCUT2D eigenvalue weighted by Crippen LogP contribution is -2.55. The second-order valence-corrected chi connectivity index (χ2v) is 9.47. The summed E-state index contributed by atoms with van der Waals surface area (Å²) in [6.07, 6.45) is -0.819. The molecule has 0 bridgehead atoms. The van der Waals surface area contributed by atoms with Crippen molar-refractivity contribution in [3.63, 3.8) is 0 Å². The number of hydrogen-bond donors (Lipinski definition) is 0. The Kier molecular flexibility index (Phi) is 5.53. The average Bonchev–Trinajstić information content (AvgIpc) is 3.40. The molecule has 1 saturated heterocycles. The van der Waals surface area contributed by atoms with E-state index < -0.39 is 30.6 Å². The van der Waals surface area contributed by atoms with Crippen molar-refractivity contribution in [3.8, 4) is 0 Å². The lowest BCUT2D eigenvalue weighted by molar-refractivity contribution is 0.0491. The first-order valence-electron chi connectivity index (χ1n) is 10.9. The summed E-state index contributed by atoms with van der Waals surface area (Å²) in [7, 11) is 1.09. The van der Waals surface area contributed by atoms with Gasteiger partial charge in [0.05, 0.1) is 25.5 Å². The summed E-state index contributed by atoms with van der Waals surface area (Å²) in [6.45, 7) is 9.77. The standard InChI is InChI=1S/C21H27B3F2O5/c1-6-28-19(27)17-15(24-30-20(2,3)21(4,31-24)23(5)22)13-9-12(11-7-8-11)10-14(18(25)26)16(13)29-17/h9-11,18H,6-8,22H2,1-5H3. The summed E-state index contributed by atoms with van der Waals surface area (Å²) in [5.41, 5.74) is -0.423. The first-order chi connectivity index (χ1) is 14.5. The van der Waals surface area contributed by atoms with Crippen LogP contribution in [0.25, 0.3) is 11.0 Å². The molecule has 1 atom stereocenters. The van der Waals surface area contributed by atoms with E-state index in [1.54, 1.807) is 6.92 Å². The number of rotatable bonds is 6. The van der Waals surface area contributed by atoms with Gasteiger partial charge in [-0.3, -0.25) is 0 Å². The maximum absolute atomic E-state index is 13.9. The molecule has 1 aromatic carbocycles. The lowest BCUT2D eigenvalue weighted by atomic mass is 9.24. The van der Waals surface area contributed by atoms with Gasteiger partial charge in [-0.25, -0.2) is 13.6 Å². The Hall–Kier alpha value is -1.80. The van der Waals surface area contributed by atoms with E-state index in [4.69, 9.17) is 18.5 Å². The van der Waals surface area contributed by atoms with Crippen LogP contribution in [0.1, 0.15) is 74.6 Å². The van der Waals surface area contributed by atoms with Crippen LogP contribution in [0.4, 0.5) is 8.78 Å². The number of furan rings is 1. The minimum Gasteiger partial charge on any atom is -0.460 e. The Morgan fingerprint density at radius 2 is 2.00 bits per heavy atom. The maximum atomic E-state index is 13.9. The van der Waals surface area contributed by atoms with Crippen molar-refractivity contribution in [1.29, 1.82) is 0 Å². The first-order valence-corrected chi connectivity index (χ1v) is 10.9. The van der Waals surface area contributed by atoms with Crippen molar-refractivity contribution in [2.24, 2.45) is 0 Å². The molecule has 1 saturated carbocycles. The van der Waals surface area contributed by atoms with Crippen molar-refractivity contribution in [2.45, 2.75) is 70.8 Å². The molecule has 2 aromatic rings. The number of esters is 1. The molecule has 4 rings (SSSR count). The molecule has 31 heavy (non-hydrogen) atoms. The summed E-state index contributed by atoms with van der Waals surface area (Å²) in [5, 5.41) is 0.427. The van der Waals surface area contributed by atoms with Crippen molar-refractivity contribution < 1.29 is 32.0 Å². The van der Waals surface area contributed by atoms with Crippen molar-refractivity contribution in [2.75, 3.05) is 6.61 Å². The van der Waals surface area contributed by atoms with Gasteiger partial charge in [0.25, 0.3) is 6.43 Å². The fourth-order valence-corrected chi connectivity index (χ4v) is 4.39. The second kappa shape index (κ2) is 7.66. The number of carbonyl (C=O) groups excluding carboxylic acids is 1. The van der Waals surface area contributed by atoms with E-state index in [1.165, 1.54) is 6.07 Å². The van der Waals surface area contributed by atoms with Crippen LogP contribution in [0.15, 0.2) is 16.5 Å². The minimum absolute atomic E-state index is 0.0133. The lowest BCUT2D eigenvalue weighted by Gasteiger charge is -2.39. The molecule has 1 aliphatic heterocycles. The highest BCUT2D eigenvalue weighted by atomic mass is 19.3. The highest BCUT2D eigenvalue weighted by molar-refractivity contribution is 7.04. The molecule has 1 aromatic heterocycles. The molecule has 0 N–H and O–H groups in total. The molecule has 0 amide bonds. The number of halogens is 2. The van der Waals surface area contributed by atoms with Crippen LogP contribution in [0, 0.1) is 0 Å². The monoisotopic (exact) mass is 430 g/mol. The quantitative estimate of drug-likeness (QED) is 0.519. The van der Waals surface area contributed by atoms with Crippen molar-refractivity contribution >= 4 is 43.9 Å². The van der Waals surface area contributed by atoms with Crippen LogP contribution in [-0.4, -0.2) is 45.1 Å². The normalized spacial score (nSPS) is 23.0. The number of carbonyl (C=O) groups is 1. The fraction of sp³-hybridized carbons (Fsp3) is 0.571. The number of alkyl halides is 2. The van der Waals surface area contributed by atoms with Gasteiger partial charge in [0.1, 0.15) is 12.2 Å². The van der Waals surface area contributed by atoms with Gasteiger partial charge in [-0.15, -0.1) is 0 Å². The van der Waals surface area contributed by atoms with Crippen LogP contribution in [0.3, 0.4) is 0 Å². The Bertz CT molecular complexity index is 1020. The van der Waals surface area contributed by atoms with E-state index >= 15 is 0 Å².